The van der Waals surface area contributed by atoms with Crippen LogP contribution < -0.4 is 10.6 Å². The zero-order valence-electron chi connectivity index (χ0n) is 73.4. The van der Waals surface area contributed by atoms with Crippen LogP contribution in [0.2, 0.25) is 0 Å². The Labute approximate surface area is 784 Å². The van der Waals surface area contributed by atoms with Gasteiger partial charge in [-0.2, -0.15) is 0 Å². The lowest BCUT2D eigenvalue weighted by atomic mass is 9.94. The number of hydrogen-bond donors (Lipinski definition) is 38. The molecule has 139 heavy (non-hydrogen) atoms. The highest BCUT2D eigenvalue weighted by atomic mass is 16.8. The van der Waals surface area contributed by atoms with Gasteiger partial charge >= 0.3 is 0 Å². The van der Waals surface area contributed by atoms with Crippen LogP contribution in [-0.2, 0) is 119 Å². The molecule has 12 heterocycles. The van der Waals surface area contributed by atoms with Gasteiger partial charge in [0.15, 0.2) is 75.5 Å². The van der Waals surface area contributed by atoms with E-state index in [4.69, 9.17) is 109 Å². The minimum atomic E-state index is -2.79. The van der Waals surface area contributed by atoms with Gasteiger partial charge in [0.05, 0.1) is 79.3 Å². The molecular weight excluding hydrogens is 1920 g/mol. The van der Waals surface area contributed by atoms with Crippen LogP contribution in [0, 0.1) is 0 Å². The first-order valence-corrected chi connectivity index (χ1v) is 44.2. The van der Waals surface area contributed by atoms with Crippen LogP contribution in [0.15, 0.2) is 0 Å². The fourth-order valence-corrected chi connectivity index (χ4v) is 18.0. The molecule has 2 amide bonds. The van der Waals surface area contributed by atoms with Crippen LogP contribution in [-0.4, -0.2) is 643 Å². The van der Waals surface area contributed by atoms with Gasteiger partial charge in [0.1, 0.15) is 293 Å². The summed E-state index contributed by atoms with van der Waals surface area (Å²) >= 11 is 0. The molecule has 0 bridgehead atoms. The van der Waals surface area contributed by atoms with E-state index in [0.717, 1.165) is 13.8 Å². The molecule has 0 aromatic rings. The van der Waals surface area contributed by atoms with Crippen LogP contribution in [0.5, 0.6) is 0 Å². The van der Waals surface area contributed by atoms with E-state index in [9.17, 15) is 193 Å². The summed E-state index contributed by atoms with van der Waals surface area (Å²) in [6.45, 7) is -12.2. The largest absolute Gasteiger partial charge is 0.394 e. The van der Waals surface area contributed by atoms with Gasteiger partial charge in [-0.3, -0.25) is 9.59 Å². The Balaban J connectivity index is 0.892. The number of rotatable bonds is 36. The van der Waals surface area contributed by atoms with E-state index in [1.165, 1.54) is 0 Å². The van der Waals surface area contributed by atoms with Crippen molar-refractivity contribution < 1.29 is 302 Å². The van der Waals surface area contributed by atoms with Crippen molar-refractivity contribution >= 4 is 11.8 Å². The predicted octanol–water partition coefficient (Wildman–Crippen LogP) is -26.9. The van der Waals surface area contributed by atoms with Gasteiger partial charge < -0.3 is 303 Å². The van der Waals surface area contributed by atoms with Crippen molar-refractivity contribution in [3.63, 3.8) is 0 Å². The second-order valence-corrected chi connectivity index (χ2v) is 35.2. The molecule has 0 aromatic carbocycles. The molecule has 0 aromatic heterocycles. The number of aliphatic hydroxyl groups is 36. The van der Waals surface area contributed by atoms with Gasteiger partial charge in [-0.15, -0.1) is 0 Å². The number of aliphatic hydroxyl groups excluding tert-OH is 36. The number of hydrogen-bond acceptors (Lipinski definition) is 61. The molecular formula is C76H128N2O61. The lowest BCUT2D eigenvalue weighted by molar-refractivity contribution is -0.414. The Morgan fingerprint density at radius 1 is 0.187 bits per heavy atom. The molecule has 12 saturated heterocycles. The first-order chi connectivity index (χ1) is 65.9. The Morgan fingerprint density at radius 3 is 0.755 bits per heavy atom. The van der Waals surface area contributed by atoms with Gasteiger partial charge in [-0.1, -0.05) is 0 Å². The van der Waals surface area contributed by atoms with Gasteiger partial charge in [0, 0.05) is 13.8 Å². The summed E-state index contributed by atoms with van der Waals surface area (Å²) in [6.07, 6.45) is -130. The van der Waals surface area contributed by atoms with Gasteiger partial charge in [-0.05, 0) is 0 Å². The number of ether oxygens (including phenoxy) is 23. The smallest absolute Gasteiger partial charge is 0.217 e. The van der Waals surface area contributed by atoms with Crippen LogP contribution in [0.3, 0.4) is 0 Å². The fourth-order valence-electron chi connectivity index (χ4n) is 18.0. The summed E-state index contributed by atoms with van der Waals surface area (Å²) in [4.78, 5) is 25.4. The number of nitrogens with one attached hydrogen (secondary N) is 2. The normalized spacial score (nSPS) is 51.9. The third-order valence-electron chi connectivity index (χ3n) is 25.9. The van der Waals surface area contributed by atoms with Crippen molar-refractivity contribution in [3.05, 3.63) is 0 Å². The molecule has 12 aliphatic rings. The van der Waals surface area contributed by atoms with Crippen molar-refractivity contribution in [2.45, 2.75) is 382 Å². The molecule has 12 aliphatic heterocycles. The minimum absolute atomic E-state index is 0.828. The molecule has 0 aliphatic carbocycles. The van der Waals surface area contributed by atoms with E-state index in [0.29, 0.717) is 0 Å². The molecule has 12 rings (SSSR count). The summed E-state index contributed by atoms with van der Waals surface area (Å²) in [6, 6.07) is -3.71. The summed E-state index contributed by atoms with van der Waals surface area (Å²) in [7, 11) is 0. The second kappa shape index (κ2) is 49.8. The number of carbonyl (C=O) groups excluding carboxylic acids is 2. The summed E-state index contributed by atoms with van der Waals surface area (Å²) in [5.41, 5.74) is 0. The van der Waals surface area contributed by atoms with E-state index in [-0.39, 0.29) is 0 Å². The molecule has 12 fully saturated rings. The molecule has 808 valence electrons. The Morgan fingerprint density at radius 2 is 0.396 bits per heavy atom. The van der Waals surface area contributed by atoms with Crippen molar-refractivity contribution in [1.82, 2.24) is 10.6 Å². The zero-order valence-corrected chi connectivity index (χ0v) is 73.4. The Kier molecular flexibility index (Phi) is 41.0. The molecule has 1 unspecified atom stereocenters. The van der Waals surface area contributed by atoms with E-state index in [1.807, 2.05) is 0 Å². The summed E-state index contributed by atoms with van der Waals surface area (Å²) in [5, 5.41) is 408. The molecule has 63 nitrogen and oxygen atoms in total. The Bertz CT molecular complexity index is 3730. The number of amides is 2. The first-order valence-electron chi connectivity index (χ1n) is 44.2. The standard InChI is InChI=1S/C76H128N2O61/c1-15(89)77-29-41(101)56(25(11-87)119-65(29)116)131-66-30(78-16(2)90)42(102)57(26(12-88)128-66)132-73-55(115)61(40(100)28(129-73)14-117-67-49(109)43(103)31(91)17(3-79)120-67)136-76-64(48(108)36(96)27(130-76)13-118-74-62(46(106)34(94)20(6-82)126-74)137-71-53(113)59(38(98)23(9-85)124-71)134-69-51(111)45(105)33(93)19(5-81)122-69)139-75-63(47(107)35(95)21(7-83)127-75)138-72-54(114)60(39(99)24(10-86)125-72)135-70-52(112)58(37(97)22(8-84)123-70)133-68-50(110)44(104)32(92)18(4-80)121-68/h17-76,79-88,91-116H,3-14H2,1-2H3,(H,77,89)(H,78,90)/t17-,18-,19-,20-,21-,22-,23-,24-,25-,26-,27-,28-,29-,30-,31-,32-,33-,34-,35-,36-,37-,38-,39-,40-,41-,42-,43+,44+,45+,46+,47+,48+,49+,50-,51+,52-,53+,54+,55+,56-,57-,58+,59+,60+,61+,62+,63+,64+,65?,66+,67+,68-,69-,70-,71-,72-,73+,74+,75-,76-/m1/s1. The third kappa shape index (κ3) is 24.5. The molecule has 0 saturated carbocycles. The quantitative estimate of drug-likeness (QED) is 0.0277. The summed E-state index contributed by atoms with van der Waals surface area (Å²) in [5.74, 6) is -1.83. The maximum absolute atomic E-state index is 13.1. The minimum Gasteiger partial charge on any atom is -0.394 e. The zero-order chi connectivity index (χ0) is 102. The lowest BCUT2D eigenvalue weighted by Crippen LogP contribution is -2.70. The molecule has 60 atom stereocenters. The Hall–Kier alpha value is -3.42. The SMILES string of the molecule is CC(=O)N[C@H]1[C@H](O[C@H]2[C@H](O)[C@@H](NC(C)=O)C(O)O[C@@H]2CO)O[C@H](CO)[C@@H](O[C@@H]2O[C@H](CO[C@H]3O[C@H](CO)[C@@H](O)[C@H](O)[C@@H]3O)[C@@H](O)[C@H](O[C@H]3O[C@H](CO[C@H]4O[C@H](CO)[C@@H](O)[C@H](O)[C@@H]4O[C@H]4O[C@H](CO)[C@@H](O)[C@H](O[C@H]5O[C@H](CO)[C@@H](O)[C@H](O)[C@@H]5O)[C@@H]4O)[C@@H](O)[C@H](O)[C@@H]3O[C@H]3O[C@H](CO)[C@@H](O)[C@H](O)[C@@H]3O[C@H]3O[C@H](CO)[C@@H](O)[C@H](O[C@H]4O[C@H](CO)[C@@H](O)[C@H](O[C@H]5O[C@H](CO)[C@@H](O)[C@H](O)[C@H]5O)[C@H]4O)[C@@H]3O)[C@@H]2O)[C@@H]1O. The molecule has 0 spiro atoms. The van der Waals surface area contributed by atoms with Gasteiger partial charge in [-0.25, -0.2) is 0 Å². The average molecular weight is 2050 g/mol. The maximum Gasteiger partial charge on any atom is 0.217 e. The van der Waals surface area contributed by atoms with Gasteiger partial charge in [0.2, 0.25) is 11.8 Å². The topological polar surface area (TPSA) is 999 Å². The van der Waals surface area contributed by atoms with E-state index in [2.05, 4.69) is 10.6 Å². The summed E-state index contributed by atoms with van der Waals surface area (Å²) < 4.78 is 135. The van der Waals surface area contributed by atoms with Gasteiger partial charge in [0.25, 0.3) is 0 Å². The maximum atomic E-state index is 13.1. The van der Waals surface area contributed by atoms with Crippen LogP contribution in [0.4, 0.5) is 0 Å². The predicted molar refractivity (Wildman–Crippen MR) is 418 cm³/mol. The molecule has 38 N–H and O–H groups in total. The lowest BCUT2D eigenvalue weighted by Gasteiger charge is -2.51. The molecule has 0 radical (unpaired) electrons. The van der Waals surface area contributed by atoms with Crippen molar-refractivity contribution in [1.29, 1.82) is 0 Å². The fraction of sp³-hybridized carbons (Fsp3) is 0.974. The average Bonchev–Trinajstić information content (AvgIpc) is 0.759. The highest BCUT2D eigenvalue weighted by molar-refractivity contribution is 5.73. The van der Waals surface area contributed by atoms with Crippen molar-refractivity contribution in [2.24, 2.45) is 0 Å². The molecule has 63 heteroatoms. The highest BCUT2D eigenvalue weighted by Crippen LogP contribution is 2.43. The van der Waals surface area contributed by atoms with Crippen molar-refractivity contribution in [2.75, 3.05) is 79.3 Å². The number of carbonyl (C=O) groups is 2. The first kappa shape index (κ1) is 114. The van der Waals surface area contributed by atoms with Crippen LogP contribution in [0.25, 0.3) is 0 Å². The van der Waals surface area contributed by atoms with Crippen LogP contribution >= 0.6 is 0 Å². The van der Waals surface area contributed by atoms with E-state index < -0.39 is 459 Å². The van der Waals surface area contributed by atoms with E-state index in [1.54, 1.807) is 0 Å². The third-order valence-corrected chi connectivity index (χ3v) is 25.9. The highest BCUT2D eigenvalue weighted by Gasteiger charge is 2.64. The van der Waals surface area contributed by atoms with Crippen LogP contribution in [0.1, 0.15) is 13.8 Å². The monoisotopic (exact) mass is 2040 g/mol. The van der Waals surface area contributed by atoms with E-state index >= 15 is 0 Å². The van der Waals surface area contributed by atoms with Crippen molar-refractivity contribution in [3.8, 4) is 0 Å². The second-order valence-electron chi connectivity index (χ2n) is 35.2.